The van der Waals surface area contributed by atoms with Crippen LogP contribution < -0.4 is 14.8 Å². The maximum absolute atomic E-state index is 12.7. The topological polar surface area (TPSA) is 109 Å². The summed E-state index contributed by atoms with van der Waals surface area (Å²) in [6, 6.07) is 26.9. The van der Waals surface area contributed by atoms with Crippen LogP contribution in [-0.4, -0.2) is 24.1 Å². The molecule has 0 fully saturated rings. The number of fused-ring (bicyclic) bond motifs is 1. The monoisotopic (exact) mass is 478 g/mol. The number of hydrogen-bond acceptors (Lipinski definition) is 5. The zero-order valence-electron chi connectivity index (χ0n) is 19.4. The highest BCUT2D eigenvalue weighted by Gasteiger charge is 2.15. The number of para-hydroxylation sites is 1. The predicted molar refractivity (Wildman–Crippen MR) is 137 cm³/mol. The van der Waals surface area contributed by atoms with Crippen molar-refractivity contribution in [3.8, 4) is 17.6 Å². The van der Waals surface area contributed by atoms with E-state index in [-0.39, 0.29) is 16.8 Å². The number of nitrogens with zero attached hydrogens (tertiary/aromatic N) is 1. The number of carboxylic acid groups (broad SMARTS) is 1. The summed E-state index contributed by atoms with van der Waals surface area (Å²) in [5.41, 5.74) is 1.38. The van der Waals surface area contributed by atoms with Gasteiger partial charge in [0.05, 0.1) is 18.4 Å². The van der Waals surface area contributed by atoms with Crippen molar-refractivity contribution in [3.63, 3.8) is 0 Å². The Morgan fingerprint density at radius 2 is 1.72 bits per heavy atom. The van der Waals surface area contributed by atoms with Crippen LogP contribution in [0.2, 0.25) is 0 Å². The van der Waals surface area contributed by atoms with Gasteiger partial charge in [-0.2, -0.15) is 5.26 Å². The third-order valence-corrected chi connectivity index (χ3v) is 5.53. The summed E-state index contributed by atoms with van der Waals surface area (Å²) in [6.07, 6.45) is 1.41. The second kappa shape index (κ2) is 10.9. The van der Waals surface area contributed by atoms with Crippen LogP contribution in [0.25, 0.3) is 16.8 Å². The molecule has 0 atom stereocenters. The zero-order chi connectivity index (χ0) is 25.5. The van der Waals surface area contributed by atoms with E-state index >= 15 is 0 Å². The highest BCUT2D eigenvalue weighted by molar-refractivity contribution is 6.11. The average Bonchev–Trinajstić information content (AvgIpc) is 2.90. The Labute approximate surface area is 207 Å². The van der Waals surface area contributed by atoms with Gasteiger partial charge >= 0.3 is 5.97 Å². The van der Waals surface area contributed by atoms with E-state index in [0.717, 1.165) is 16.3 Å². The number of nitrogens with one attached hydrogen (secondary N) is 1. The summed E-state index contributed by atoms with van der Waals surface area (Å²) in [5.74, 6) is -0.949. The first kappa shape index (κ1) is 24.0. The van der Waals surface area contributed by atoms with E-state index in [1.54, 1.807) is 30.3 Å². The van der Waals surface area contributed by atoms with Crippen LogP contribution in [0.1, 0.15) is 21.5 Å². The molecule has 7 nitrogen and oxygen atoms in total. The average molecular weight is 479 g/mol. The van der Waals surface area contributed by atoms with Crippen LogP contribution in [0, 0.1) is 11.3 Å². The van der Waals surface area contributed by atoms with Crippen molar-refractivity contribution in [2.24, 2.45) is 0 Å². The van der Waals surface area contributed by atoms with Crippen LogP contribution in [0.4, 0.5) is 5.69 Å². The van der Waals surface area contributed by atoms with Gasteiger partial charge in [0.1, 0.15) is 18.2 Å². The summed E-state index contributed by atoms with van der Waals surface area (Å²) in [5, 5.41) is 23.6. The molecule has 0 aliphatic heterocycles. The van der Waals surface area contributed by atoms with E-state index in [2.05, 4.69) is 5.32 Å². The Morgan fingerprint density at radius 1 is 0.972 bits per heavy atom. The van der Waals surface area contributed by atoms with Gasteiger partial charge in [-0.25, -0.2) is 4.79 Å². The lowest BCUT2D eigenvalue weighted by molar-refractivity contribution is -0.112. The van der Waals surface area contributed by atoms with Gasteiger partial charge in [0.25, 0.3) is 5.91 Å². The highest BCUT2D eigenvalue weighted by Crippen LogP contribution is 2.31. The molecule has 0 aliphatic rings. The van der Waals surface area contributed by atoms with Crippen LogP contribution in [-0.2, 0) is 11.4 Å². The summed E-state index contributed by atoms with van der Waals surface area (Å²) >= 11 is 0. The quantitative estimate of drug-likeness (QED) is 0.249. The standard InChI is InChI=1S/C29H22N2O5/c1-35-26-14-13-19(15-22(17-30)28(32)31-25-12-5-4-11-24(25)29(33)34)16-27(26)36-18-21-9-6-8-20-7-2-3-10-23(20)21/h2-16H,18H2,1H3,(H,31,32)(H,33,34)/b22-15+. The van der Waals surface area contributed by atoms with Gasteiger partial charge in [-0.05, 0) is 52.2 Å². The molecule has 0 radical (unpaired) electrons. The van der Waals surface area contributed by atoms with Crippen molar-refractivity contribution in [1.82, 2.24) is 0 Å². The van der Waals surface area contributed by atoms with Crippen LogP contribution in [0.5, 0.6) is 11.5 Å². The fourth-order valence-corrected chi connectivity index (χ4v) is 3.75. The number of hydrogen-bond donors (Lipinski definition) is 2. The summed E-state index contributed by atoms with van der Waals surface area (Å²) < 4.78 is 11.5. The Morgan fingerprint density at radius 3 is 2.50 bits per heavy atom. The van der Waals surface area contributed by atoms with Gasteiger partial charge < -0.3 is 19.9 Å². The first-order valence-corrected chi connectivity index (χ1v) is 11.0. The molecule has 4 aromatic carbocycles. The number of nitriles is 1. The van der Waals surface area contributed by atoms with E-state index in [0.29, 0.717) is 23.7 Å². The smallest absolute Gasteiger partial charge is 0.337 e. The normalized spacial score (nSPS) is 10.9. The van der Waals surface area contributed by atoms with Crippen LogP contribution in [0.3, 0.4) is 0 Å². The largest absolute Gasteiger partial charge is 0.493 e. The Kier molecular flexibility index (Phi) is 7.28. The lowest BCUT2D eigenvalue weighted by Gasteiger charge is -2.13. The Bertz CT molecular complexity index is 1510. The number of ether oxygens (including phenoxy) is 2. The highest BCUT2D eigenvalue weighted by atomic mass is 16.5. The number of carbonyl (C=O) groups is 2. The maximum Gasteiger partial charge on any atom is 0.337 e. The molecule has 0 aliphatic carbocycles. The lowest BCUT2D eigenvalue weighted by atomic mass is 10.1. The fourth-order valence-electron chi connectivity index (χ4n) is 3.75. The first-order chi connectivity index (χ1) is 17.5. The second-order valence-electron chi connectivity index (χ2n) is 7.81. The number of methoxy groups -OCH3 is 1. The summed E-state index contributed by atoms with van der Waals surface area (Å²) in [6.45, 7) is 0.294. The zero-order valence-corrected chi connectivity index (χ0v) is 19.4. The third-order valence-electron chi connectivity index (χ3n) is 5.53. The molecule has 7 heteroatoms. The van der Waals surface area contributed by atoms with E-state index in [1.165, 1.54) is 25.3 Å². The molecule has 0 saturated carbocycles. The van der Waals surface area contributed by atoms with Crippen molar-refractivity contribution in [3.05, 3.63) is 107 Å². The Balaban J connectivity index is 1.58. The van der Waals surface area contributed by atoms with Gasteiger partial charge in [0, 0.05) is 0 Å². The number of rotatable bonds is 8. The first-order valence-electron chi connectivity index (χ1n) is 11.0. The fraction of sp³-hybridized carbons (Fsp3) is 0.0690. The molecule has 36 heavy (non-hydrogen) atoms. The molecule has 178 valence electrons. The number of carboxylic acids is 1. The van der Waals surface area contributed by atoms with Crippen molar-refractivity contribution in [2.45, 2.75) is 6.61 Å². The minimum absolute atomic E-state index is 0.0725. The van der Waals surface area contributed by atoms with Crippen molar-refractivity contribution >= 4 is 34.4 Å². The molecule has 4 rings (SSSR count). The minimum Gasteiger partial charge on any atom is -0.493 e. The molecule has 2 N–H and O–H groups in total. The van der Waals surface area contributed by atoms with Gasteiger partial charge in [0.2, 0.25) is 0 Å². The molecule has 0 aromatic heterocycles. The molecule has 0 spiro atoms. The summed E-state index contributed by atoms with van der Waals surface area (Å²) in [7, 11) is 1.53. The SMILES string of the molecule is COc1ccc(/C=C(\C#N)C(=O)Nc2ccccc2C(=O)O)cc1OCc1cccc2ccccc12. The Hall–Kier alpha value is -5.09. The molecule has 0 bridgehead atoms. The van der Waals surface area contributed by atoms with Crippen LogP contribution in [0.15, 0.2) is 90.5 Å². The van der Waals surface area contributed by atoms with Gasteiger partial charge in [0.15, 0.2) is 11.5 Å². The summed E-state index contributed by atoms with van der Waals surface area (Å²) in [4.78, 5) is 24.1. The maximum atomic E-state index is 12.7. The molecule has 0 saturated heterocycles. The molecule has 0 heterocycles. The number of carbonyl (C=O) groups excluding carboxylic acids is 1. The minimum atomic E-state index is -1.18. The van der Waals surface area contributed by atoms with E-state index in [1.807, 2.05) is 48.5 Å². The van der Waals surface area contributed by atoms with Crippen molar-refractivity contribution < 1.29 is 24.2 Å². The van der Waals surface area contributed by atoms with Gasteiger partial charge in [-0.3, -0.25) is 4.79 Å². The predicted octanol–water partition coefficient (Wildman–Crippen LogP) is 5.67. The molecule has 1 amide bonds. The van der Waals surface area contributed by atoms with Crippen molar-refractivity contribution in [1.29, 1.82) is 5.26 Å². The van der Waals surface area contributed by atoms with E-state index in [9.17, 15) is 20.0 Å². The molecule has 0 unspecified atom stereocenters. The molecular formula is C29H22N2O5. The van der Waals surface area contributed by atoms with Gasteiger partial charge in [-0.15, -0.1) is 0 Å². The number of aromatic carboxylic acids is 1. The second-order valence-corrected chi connectivity index (χ2v) is 7.81. The third kappa shape index (κ3) is 5.34. The molecule has 4 aromatic rings. The van der Waals surface area contributed by atoms with Gasteiger partial charge in [-0.1, -0.05) is 60.7 Å². The van der Waals surface area contributed by atoms with E-state index < -0.39 is 11.9 Å². The van der Waals surface area contributed by atoms with Crippen LogP contribution >= 0.6 is 0 Å². The van der Waals surface area contributed by atoms with E-state index in [4.69, 9.17) is 9.47 Å². The number of benzene rings is 4. The number of anilines is 1. The van der Waals surface area contributed by atoms with Crippen molar-refractivity contribution in [2.75, 3.05) is 12.4 Å². The molecular weight excluding hydrogens is 456 g/mol. The number of amides is 1. The lowest BCUT2D eigenvalue weighted by Crippen LogP contribution is -2.16.